The Labute approximate surface area is 140 Å². The Kier molecular flexibility index (Phi) is 6.52. The quantitative estimate of drug-likeness (QED) is 0.480. The zero-order valence-electron chi connectivity index (χ0n) is 13.4. The largest absolute Gasteiger partial charge is 0.497 e. The van der Waals surface area contributed by atoms with E-state index in [1.807, 2.05) is 30.3 Å². The van der Waals surface area contributed by atoms with Gasteiger partial charge in [-0.15, -0.1) is 0 Å². The summed E-state index contributed by atoms with van der Waals surface area (Å²) in [6.45, 7) is 0.385. The van der Waals surface area contributed by atoms with Gasteiger partial charge in [-0.1, -0.05) is 42.5 Å². The predicted octanol–water partition coefficient (Wildman–Crippen LogP) is 1.50. The first-order valence-corrected chi connectivity index (χ1v) is 7.48. The lowest BCUT2D eigenvalue weighted by Crippen LogP contribution is -2.38. The molecule has 0 aromatic heterocycles. The molecule has 2 aromatic carbocycles. The minimum atomic E-state index is -0.804. The van der Waals surface area contributed by atoms with Crippen LogP contribution in [0.15, 0.2) is 59.7 Å². The van der Waals surface area contributed by atoms with Gasteiger partial charge in [0.05, 0.1) is 13.3 Å². The Balaban J connectivity index is 1.75. The van der Waals surface area contributed by atoms with Gasteiger partial charge in [0.1, 0.15) is 5.75 Å². The molecule has 0 spiro atoms. The highest BCUT2D eigenvalue weighted by Gasteiger charge is 2.11. The van der Waals surface area contributed by atoms with E-state index in [0.717, 1.165) is 11.1 Å². The molecular formula is C18H19N3O3. The predicted molar refractivity (Wildman–Crippen MR) is 91.9 cm³/mol. The molecule has 0 saturated heterocycles. The molecule has 2 N–H and O–H groups in total. The summed E-state index contributed by atoms with van der Waals surface area (Å²) in [7, 11) is 1.57. The van der Waals surface area contributed by atoms with Crippen molar-refractivity contribution in [3.05, 3.63) is 65.7 Å². The maximum atomic E-state index is 11.7. The van der Waals surface area contributed by atoms with Crippen LogP contribution < -0.4 is 15.5 Å². The topological polar surface area (TPSA) is 79.8 Å². The van der Waals surface area contributed by atoms with E-state index in [9.17, 15) is 9.59 Å². The third kappa shape index (κ3) is 5.57. The Morgan fingerprint density at radius 1 is 1.08 bits per heavy atom. The number of hydrazone groups is 1. The zero-order chi connectivity index (χ0) is 17.2. The number of carbonyl (C=O) groups is 2. The molecule has 0 saturated carbocycles. The summed E-state index contributed by atoms with van der Waals surface area (Å²) >= 11 is 0. The minimum Gasteiger partial charge on any atom is -0.497 e. The Morgan fingerprint density at radius 2 is 1.88 bits per heavy atom. The van der Waals surface area contributed by atoms with Crippen molar-refractivity contribution in [1.29, 1.82) is 0 Å². The monoisotopic (exact) mass is 325 g/mol. The number of nitrogens with one attached hydrogen (secondary N) is 2. The summed E-state index contributed by atoms with van der Waals surface area (Å²) in [5.74, 6) is -0.833. The van der Waals surface area contributed by atoms with E-state index in [1.165, 1.54) is 6.21 Å². The maximum Gasteiger partial charge on any atom is 0.329 e. The van der Waals surface area contributed by atoms with Gasteiger partial charge in [0.15, 0.2) is 0 Å². The summed E-state index contributed by atoms with van der Waals surface area (Å²) in [6, 6.07) is 16.9. The molecule has 6 nitrogen and oxygen atoms in total. The van der Waals surface area contributed by atoms with Crippen molar-refractivity contribution < 1.29 is 14.3 Å². The molecule has 0 aliphatic carbocycles. The number of ether oxygens (including phenoxy) is 1. The van der Waals surface area contributed by atoms with Gasteiger partial charge < -0.3 is 10.1 Å². The molecule has 0 aliphatic heterocycles. The fourth-order valence-electron chi connectivity index (χ4n) is 1.98. The smallest absolute Gasteiger partial charge is 0.329 e. The van der Waals surface area contributed by atoms with Crippen LogP contribution in [0.3, 0.4) is 0 Å². The molecule has 124 valence electrons. The zero-order valence-corrected chi connectivity index (χ0v) is 13.4. The van der Waals surface area contributed by atoms with Crippen molar-refractivity contribution in [2.75, 3.05) is 13.7 Å². The number of benzene rings is 2. The second kappa shape index (κ2) is 9.09. The fourth-order valence-corrected chi connectivity index (χ4v) is 1.98. The van der Waals surface area contributed by atoms with Gasteiger partial charge in [0, 0.05) is 6.54 Å². The van der Waals surface area contributed by atoms with Gasteiger partial charge in [-0.3, -0.25) is 9.59 Å². The Morgan fingerprint density at radius 3 is 2.62 bits per heavy atom. The molecule has 24 heavy (non-hydrogen) atoms. The van der Waals surface area contributed by atoms with Crippen LogP contribution in [0.5, 0.6) is 5.75 Å². The summed E-state index contributed by atoms with van der Waals surface area (Å²) in [5, 5.41) is 6.32. The molecule has 2 amide bonds. The van der Waals surface area contributed by atoms with E-state index in [4.69, 9.17) is 4.74 Å². The second-order valence-electron chi connectivity index (χ2n) is 4.97. The molecule has 0 radical (unpaired) electrons. The van der Waals surface area contributed by atoms with E-state index in [2.05, 4.69) is 15.8 Å². The van der Waals surface area contributed by atoms with Crippen LogP contribution in [-0.4, -0.2) is 31.7 Å². The van der Waals surface area contributed by atoms with Crippen molar-refractivity contribution in [3.63, 3.8) is 0 Å². The highest BCUT2D eigenvalue weighted by atomic mass is 16.5. The summed E-state index contributed by atoms with van der Waals surface area (Å²) < 4.78 is 5.09. The van der Waals surface area contributed by atoms with E-state index in [1.54, 1.807) is 31.4 Å². The molecule has 0 aliphatic rings. The molecular weight excluding hydrogens is 306 g/mol. The van der Waals surface area contributed by atoms with Gasteiger partial charge >= 0.3 is 11.8 Å². The first-order valence-electron chi connectivity index (χ1n) is 7.48. The van der Waals surface area contributed by atoms with Crippen molar-refractivity contribution in [1.82, 2.24) is 10.7 Å². The summed E-state index contributed by atoms with van der Waals surface area (Å²) in [6.07, 6.45) is 2.10. The van der Waals surface area contributed by atoms with E-state index < -0.39 is 11.8 Å². The SMILES string of the molecule is COc1cccc(/C=N/NC(=O)C(=O)NCCc2ccccc2)c1. The maximum absolute atomic E-state index is 11.7. The van der Waals surface area contributed by atoms with Crippen LogP contribution in [0, 0.1) is 0 Å². The number of nitrogens with zero attached hydrogens (tertiary/aromatic N) is 1. The highest BCUT2D eigenvalue weighted by Crippen LogP contribution is 2.10. The van der Waals surface area contributed by atoms with Gasteiger partial charge in [-0.25, -0.2) is 5.43 Å². The van der Waals surface area contributed by atoms with E-state index in [-0.39, 0.29) is 0 Å². The first kappa shape index (κ1) is 17.2. The molecule has 6 heteroatoms. The van der Waals surface area contributed by atoms with Crippen LogP contribution >= 0.6 is 0 Å². The standard InChI is InChI=1S/C18H19N3O3/c1-24-16-9-5-8-15(12-16)13-20-21-18(23)17(22)19-11-10-14-6-3-2-4-7-14/h2-9,12-13H,10-11H2,1H3,(H,19,22)(H,21,23)/b20-13+. The number of hydrogen-bond donors (Lipinski definition) is 2. The normalized spacial score (nSPS) is 10.4. The lowest BCUT2D eigenvalue weighted by atomic mass is 10.1. The number of carbonyl (C=O) groups excluding carboxylic acids is 2. The number of hydrogen-bond acceptors (Lipinski definition) is 4. The van der Waals surface area contributed by atoms with Crippen molar-refractivity contribution >= 4 is 18.0 Å². The van der Waals surface area contributed by atoms with Crippen LogP contribution in [0.4, 0.5) is 0 Å². The summed E-state index contributed by atoms with van der Waals surface area (Å²) in [5.41, 5.74) is 4.04. The lowest BCUT2D eigenvalue weighted by Gasteiger charge is -2.04. The Hall–Kier alpha value is -3.15. The van der Waals surface area contributed by atoms with Gasteiger partial charge in [0.25, 0.3) is 0 Å². The van der Waals surface area contributed by atoms with Crippen LogP contribution in [0.2, 0.25) is 0 Å². The number of amides is 2. The van der Waals surface area contributed by atoms with Crippen LogP contribution in [0.1, 0.15) is 11.1 Å². The first-order chi connectivity index (χ1) is 11.7. The molecule has 0 fully saturated rings. The molecule has 0 heterocycles. The number of methoxy groups -OCH3 is 1. The molecule has 0 bridgehead atoms. The third-order valence-electron chi connectivity index (χ3n) is 3.22. The van der Waals surface area contributed by atoms with Crippen molar-refractivity contribution in [3.8, 4) is 5.75 Å². The number of rotatable bonds is 6. The Bertz CT molecular complexity index is 714. The van der Waals surface area contributed by atoms with Gasteiger partial charge in [0.2, 0.25) is 0 Å². The minimum absolute atomic E-state index is 0.385. The van der Waals surface area contributed by atoms with Crippen molar-refractivity contribution in [2.24, 2.45) is 5.10 Å². The van der Waals surface area contributed by atoms with Gasteiger partial charge in [-0.2, -0.15) is 5.10 Å². The molecule has 0 atom stereocenters. The average molecular weight is 325 g/mol. The summed E-state index contributed by atoms with van der Waals surface area (Å²) in [4.78, 5) is 23.3. The fraction of sp³-hybridized carbons (Fsp3) is 0.167. The lowest BCUT2D eigenvalue weighted by molar-refractivity contribution is -0.139. The molecule has 2 aromatic rings. The van der Waals surface area contributed by atoms with E-state index >= 15 is 0 Å². The molecule has 0 unspecified atom stereocenters. The van der Waals surface area contributed by atoms with Crippen LogP contribution in [-0.2, 0) is 16.0 Å². The molecule has 2 rings (SSSR count). The van der Waals surface area contributed by atoms with Crippen molar-refractivity contribution in [2.45, 2.75) is 6.42 Å². The van der Waals surface area contributed by atoms with E-state index in [0.29, 0.717) is 18.7 Å². The third-order valence-corrected chi connectivity index (χ3v) is 3.22. The highest BCUT2D eigenvalue weighted by molar-refractivity contribution is 6.35. The van der Waals surface area contributed by atoms with Crippen LogP contribution in [0.25, 0.3) is 0 Å². The second-order valence-corrected chi connectivity index (χ2v) is 4.97. The average Bonchev–Trinajstić information content (AvgIpc) is 2.62. The van der Waals surface area contributed by atoms with Gasteiger partial charge in [-0.05, 0) is 29.7 Å².